The van der Waals surface area contributed by atoms with Crippen molar-refractivity contribution in [3.05, 3.63) is 32.9 Å². The highest BCUT2D eigenvalue weighted by atomic mass is 19.1. The molecule has 0 aliphatic carbocycles. The number of aromatic nitrogens is 2. The highest BCUT2D eigenvalue weighted by Gasteiger charge is 2.11. The van der Waals surface area contributed by atoms with E-state index in [0.717, 1.165) is 7.05 Å². The second kappa shape index (κ2) is 2.85. The van der Waals surface area contributed by atoms with E-state index in [-0.39, 0.29) is 4.57 Å². The summed E-state index contributed by atoms with van der Waals surface area (Å²) in [5.41, 5.74) is -2.25. The van der Waals surface area contributed by atoms with Gasteiger partial charge in [-0.05, 0) is 0 Å². The first-order chi connectivity index (χ1) is 5.95. The molecule has 0 aliphatic rings. The van der Waals surface area contributed by atoms with E-state index >= 15 is 0 Å². The van der Waals surface area contributed by atoms with Crippen LogP contribution in [0.15, 0.2) is 15.8 Å². The Labute approximate surface area is 70.5 Å². The Hall–Kier alpha value is -1.92. The standard InChI is InChI=1S/C6H5FN2O4/c1-8-4(10)3(7)2-9(5(8)11)6(12)13/h2H,1H3,(H,12,13). The molecule has 0 unspecified atom stereocenters. The molecule has 1 heterocycles. The van der Waals surface area contributed by atoms with Crippen molar-refractivity contribution in [2.75, 3.05) is 0 Å². The molecular formula is C6H5FN2O4. The Morgan fingerprint density at radius 3 is 2.54 bits per heavy atom. The Balaban J connectivity index is 3.70. The van der Waals surface area contributed by atoms with Crippen molar-refractivity contribution in [2.45, 2.75) is 0 Å². The summed E-state index contributed by atoms with van der Waals surface area (Å²) in [5.74, 6) is -1.29. The summed E-state index contributed by atoms with van der Waals surface area (Å²) in [4.78, 5) is 32.0. The van der Waals surface area contributed by atoms with Gasteiger partial charge in [0.1, 0.15) is 0 Å². The van der Waals surface area contributed by atoms with Crippen molar-refractivity contribution >= 4 is 6.09 Å². The summed E-state index contributed by atoms with van der Waals surface area (Å²) in [6, 6.07) is 0. The van der Waals surface area contributed by atoms with Crippen molar-refractivity contribution in [1.82, 2.24) is 9.13 Å². The molecule has 0 fully saturated rings. The zero-order valence-electron chi connectivity index (χ0n) is 6.52. The van der Waals surface area contributed by atoms with Crippen LogP contribution in [0.2, 0.25) is 0 Å². The SMILES string of the molecule is Cn1c(=O)c(F)cn(C(=O)O)c1=O. The number of carbonyl (C=O) groups is 1. The lowest BCUT2D eigenvalue weighted by Gasteiger charge is -2.00. The first-order valence-electron chi connectivity index (χ1n) is 3.16. The molecule has 1 aromatic rings. The number of rotatable bonds is 0. The van der Waals surface area contributed by atoms with Gasteiger partial charge in [-0.1, -0.05) is 0 Å². The number of hydrogen-bond acceptors (Lipinski definition) is 3. The predicted octanol–water partition coefficient (Wildman–Crippen LogP) is -0.788. The van der Waals surface area contributed by atoms with Gasteiger partial charge in [0.05, 0.1) is 6.20 Å². The van der Waals surface area contributed by atoms with Crippen LogP contribution in [-0.4, -0.2) is 20.3 Å². The second-order valence-corrected chi connectivity index (χ2v) is 2.28. The van der Waals surface area contributed by atoms with Crippen molar-refractivity contribution in [3.63, 3.8) is 0 Å². The van der Waals surface area contributed by atoms with Gasteiger partial charge in [-0.15, -0.1) is 0 Å². The van der Waals surface area contributed by atoms with Crippen molar-refractivity contribution in [1.29, 1.82) is 0 Å². The molecule has 0 saturated carbocycles. The molecule has 1 N–H and O–H groups in total. The fraction of sp³-hybridized carbons (Fsp3) is 0.167. The van der Waals surface area contributed by atoms with E-state index in [9.17, 15) is 18.8 Å². The van der Waals surface area contributed by atoms with Gasteiger partial charge in [-0.3, -0.25) is 9.36 Å². The van der Waals surface area contributed by atoms with Gasteiger partial charge < -0.3 is 5.11 Å². The van der Waals surface area contributed by atoms with Crippen LogP contribution in [0.4, 0.5) is 9.18 Å². The molecule has 0 amide bonds. The third kappa shape index (κ3) is 1.35. The van der Waals surface area contributed by atoms with Crippen LogP contribution >= 0.6 is 0 Å². The maximum Gasteiger partial charge on any atom is 0.419 e. The van der Waals surface area contributed by atoms with Crippen molar-refractivity contribution in [2.24, 2.45) is 7.05 Å². The summed E-state index contributed by atoms with van der Waals surface area (Å²) in [5, 5.41) is 8.39. The molecule has 0 atom stereocenters. The third-order valence-electron chi connectivity index (χ3n) is 1.45. The topological polar surface area (TPSA) is 81.3 Å². The smallest absolute Gasteiger partial charge is 0.419 e. The molecule has 0 aliphatic heterocycles. The fourth-order valence-electron chi connectivity index (χ4n) is 0.770. The van der Waals surface area contributed by atoms with Gasteiger partial charge >= 0.3 is 11.8 Å². The largest absolute Gasteiger partial charge is 0.464 e. The second-order valence-electron chi connectivity index (χ2n) is 2.28. The maximum atomic E-state index is 12.6. The zero-order chi connectivity index (χ0) is 10.2. The molecular weight excluding hydrogens is 183 g/mol. The van der Waals surface area contributed by atoms with E-state index in [1.807, 2.05) is 0 Å². The van der Waals surface area contributed by atoms with E-state index in [0.29, 0.717) is 10.8 Å². The Kier molecular flexibility index (Phi) is 2.01. The molecule has 0 aromatic carbocycles. The van der Waals surface area contributed by atoms with Crippen molar-refractivity contribution < 1.29 is 14.3 Å². The van der Waals surface area contributed by atoms with Crippen LogP contribution in [0.1, 0.15) is 0 Å². The lowest BCUT2D eigenvalue weighted by atomic mass is 10.6. The van der Waals surface area contributed by atoms with E-state index in [2.05, 4.69) is 0 Å². The Morgan fingerprint density at radius 2 is 2.08 bits per heavy atom. The van der Waals surface area contributed by atoms with E-state index in [1.54, 1.807) is 0 Å². The normalized spacial score (nSPS) is 10.0. The van der Waals surface area contributed by atoms with Crippen LogP contribution in [0.5, 0.6) is 0 Å². The van der Waals surface area contributed by atoms with Crippen LogP contribution in [-0.2, 0) is 7.05 Å². The summed E-state index contributed by atoms with van der Waals surface area (Å²) < 4.78 is 13.1. The molecule has 0 saturated heterocycles. The molecule has 0 radical (unpaired) electrons. The van der Waals surface area contributed by atoms with Crippen molar-refractivity contribution in [3.8, 4) is 0 Å². The van der Waals surface area contributed by atoms with Crippen LogP contribution < -0.4 is 11.2 Å². The fourth-order valence-corrected chi connectivity index (χ4v) is 0.770. The first-order valence-corrected chi connectivity index (χ1v) is 3.16. The van der Waals surface area contributed by atoms with Gasteiger partial charge in [0.2, 0.25) is 5.82 Å². The molecule has 7 heteroatoms. The third-order valence-corrected chi connectivity index (χ3v) is 1.45. The van der Waals surface area contributed by atoms with E-state index < -0.39 is 23.2 Å². The van der Waals surface area contributed by atoms with E-state index in [1.165, 1.54) is 0 Å². The van der Waals surface area contributed by atoms with E-state index in [4.69, 9.17) is 5.11 Å². The average Bonchev–Trinajstić information content (AvgIpc) is 2.07. The Morgan fingerprint density at radius 1 is 1.54 bits per heavy atom. The molecule has 6 nitrogen and oxygen atoms in total. The summed E-state index contributed by atoms with van der Waals surface area (Å²) in [7, 11) is 0.993. The number of carboxylic acid groups (broad SMARTS) is 1. The van der Waals surface area contributed by atoms with Gasteiger partial charge in [-0.25, -0.2) is 14.2 Å². The number of hydrogen-bond donors (Lipinski definition) is 1. The minimum absolute atomic E-state index is 0.0940. The number of nitrogens with zero attached hydrogens (tertiary/aromatic N) is 2. The molecule has 0 spiro atoms. The Bertz CT molecular complexity index is 473. The minimum Gasteiger partial charge on any atom is -0.464 e. The molecule has 13 heavy (non-hydrogen) atoms. The highest BCUT2D eigenvalue weighted by molar-refractivity contribution is 5.67. The first kappa shape index (κ1) is 9.17. The van der Waals surface area contributed by atoms with Crippen LogP contribution in [0.25, 0.3) is 0 Å². The quantitative estimate of drug-likeness (QED) is 0.578. The summed E-state index contributed by atoms with van der Waals surface area (Å²) >= 11 is 0. The van der Waals surface area contributed by atoms with Gasteiger partial charge in [0, 0.05) is 7.05 Å². The number of halogens is 1. The lowest BCUT2D eigenvalue weighted by Crippen LogP contribution is -2.41. The predicted molar refractivity (Wildman–Crippen MR) is 39.3 cm³/mol. The highest BCUT2D eigenvalue weighted by Crippen LogP contribution is 1.84. The van der Waals surface area contributed by atoms with Gasteiger partial charge in [0.15, 0.2) is 0 Å². The van der Waals surface area contributed by atoms with Crippen LogP contribution in [0.3, 0.4) is 0 Å². The minimum atomic E-state index is -1.64. The lowest BCUT2D eigenvalue weighted by molar-refractivity contribution is 0.193. The van der Waals surface area contributed by atoms with Crippen LogP contribution in [0, 0.1) is 5.82 Å². The molecule has 1 aromatic heterocycles. The monoisotopic (exact) mass is 188 g/mol. The maximum absolute atomic E-state index is 12.6. The summed E-state index contributed by atoms with van der Waals surface area (Å²) in [6.07, 6.45) is -1.30. The van der Waals surface area contributed by atoms with Gasteiger partial charge in [-0.2, -0.15) is 4.39 Å². The summed E-state index contributed by atoms with van der Waals surface area (Å²) in [6.45, 7) is 0. The zero-order valence-corrected chi connectivity index (χ0v) is 6.52. The average molecular weight is 188 g/mol. The van der Waals surface area contributed by atoms with Gasteiger partial charge in [0.25, 0.3) is 5.56 Å². The molecule has 70 valence electrons. The molecule has 0 bridgehead atoms. The molecule has 1 rings (SSSR count).